The first-order chi connectivity index (χ1) is 18.4. The van der Waals surface area contributed by atoms with Crippen molar-refractivity contribution in [2.24, 2.45) is 11.5 Å². The van der Waals surface area contributed by atoms with Crippen LogP contribution in [0.2, 0.25) is 0 Å². The number of nitrogens with one attached hydrogen (secondary N) is 1. The molecule has 1 unspecified atom stereocenters. The number of hydrogen-bond acceptors (Lipinski definition) is 7. The van der Waals surface area contributed by atoms with E-state index in [9.17, 15) is 24.3 Å². The maximum absolute atomic E-state index is 12.9. The van der Waals surface area contributed by atoms with Crippen LogP contribution in [-0.2, 0) is 16.1 Å². The van der Waals surface area contributed by atoms with E-state index in [2.05, 4.69) is 10.2 Å². The normalized spacial score (nSPS) is 19.1. The molecule has 3 heterocycles. The fourth-order valence-corrected chi connectivity index (χ4v) is 4.93. The van der Waals surface area contributed by atoms with Gasteiger partial charge in [-0.3, -0.25) is 19.1 Å². The summed E-state index contributed by atoms with van der Waals surface area (Å²) in [5.74, 6) is -1.62. The molecule has 0 aliphatic carbocycles. The average Bonchev–Trinajstić information content (AvgIpc) is 2.89. The molecule has 2 fully saturated rings. The number of carboxylic acid groups (broad SMARTS) is 1. The first kappa shape index (κ1) is 28.3. The van der Waals surface area contributed by atoms with Crippen molar-refractivity contribution in [1.29, 1.82) is 0 Å². The Bertz CT molecular complexity index is 1260. The number of hydrogen-bond donors (Lipinski definition) is 4. The minimum atomic E-state index is -1.24. The van der Waals surface area contributed by atoms with E-state index in [4.69, 9.17) is 11.5 Å². The number of carbonyl (C=O) groups excluding carboxylic acids is 2. The molecular weight excluding hydrogens is 502 g/mol. The van der Waals surface area contributed by atoms with E-state index in [-0.39, 0.29) is 42.8 Å². The van der Waals surface area contributed by atoms with Crippen LogP contribution in [0.1, 0.15) is 32.3 Å². The third-order valence-corrected chi connectivity index (χ3v) is 7.19. The van der Waals surface area contributed by atoms with E-state index in [0.717, 1.165) is 42.9 Å². The van der Waals surface area contributed by atoms with E-state index in [1.165, 1.54) is 15.5 Å². The smallest absolute Gasteiger partial charge is 0.328 e. The molecule has 6 N–H and O–H groups in total. The molecule has 12 nitrogen and oxygen atoms in total. The van der Waals surface area contributed by atoms with Gasteiger partial charge in [-0.1, -0.05) is 12.1 Å². The molecule has 4 rings (SSSR count). The summed E-state index contributed by atoms with van der Waals surface area (Å²) in [5, 5.41) is 12.3. The molecule has 0 saturated carbocycles. The zero-order chi connectivity index (χ0) is 28.3. The maximum Gasteiger partial charge on any atom is 0.328 e. The number of anilines is 1. The van der Waals surface area contributed by atoms with Crippen LogP contribution in [0.25, 0.3) is 5.69 Å². The predicted octanol–water partition coefficient (Wildman–Crippen LogP) is 0.627. The maximum atomic E-state index is 12.9. The number of nitrogens with zero attached hydrogens (tertiary/aromatic N) is 4. The standard InChI is InChI=1S/C27H37N7O5/c1-27(2,29)25(38)32-13-14-34(22(17-32)24(36)37)26(39)30-20-9-12-33(23(35)15-20)21-5-3-18(4-6-21)16-31-10-7-19(28)8-11-31/h3-6,9,12,15,19,22H,7-8,10-11,13-14,16-17,28-29H2,1-2H3,(H,30,39)(H,36,37). The number of benzene rings is 1. The monoisotopic (exact) mass is 539 g/mol. The van der Waals surface area contributed by atoms with Gasteiger partial charge in [0.25, 0.3) is 5.56 Å². The van der Waals surface area contributed by atoms with Crippen molar-refractivity contribution in [3.8, 4) is 5.69 Å². The highest BCUT2D eigenvalue weighted by molar-refractivity contribution is 5.93. The molecule has 0 bridgehead atoms. The van der Waals surface area contributed by atoms with Gasteiger partial charge in [-0.15, -0.1) is 0 Å². The Kier molecular flexibility index (Phi) is 8.38. The number of pyridine rings is 1. The summed E-state index contributed by atoms with van der Waals surface area (Å²) >= 11 is 0. The second-order valence-electron chi connectivity index (χ2n) is 10.9. The number of rotatable bonds is 6. The summed E-state index contributed by atoms with van der Waals surface area (Å²) in [6.45, 7) is 5.87. The SMILES string of the molecule is CC(C)(N)C(=O)N1CCN(C(=O)Nc2ccn(-c3ccc(CN4CCC(N)CC4)cc3)c(=O)c2)C(C(=O)O)C1. The van der Waals surface area contributed by atoms with Gasteiger partial charge in [-0.2, -0.15) is 0 Å². The Morgan fingerprint density at radius 1 is 1.05 bits per heavy atom. The molecule has 12 heteroatoms. The van der Waals surface area contributed by atoms with E-state index < -0.39 is 23.6 Å². The molecule has 2 aliphatic rings. The van der Waals surface area contributed by atoms with Gasteiger partial charge in [0, 0.05) is 49.3 Å². The zero-order valence-electron chi connectivity index (χ0n) is 22.4. The lowest BCUT2D eigenvalue weighted by molar-refractivity contribution is -0.148. The Hall–Kier alpha value is -3.74. The number of nitrogens with two attached hydrogens (primary N) is 2. The van der Waals surface area contributed by atoms with Crippen molar-refractivity contribution >= 4 is 23.6 Å². The van der Waals surface area contributed by atoms with Gasteiger partial charge in [0.1, 0.15) is 6.04 Å². The van der Waals surface area contributed by atoms with Crippen LogP contribution in [0, 0.1) is 0 Å². The highest BCUT2D eigenvalue weighted by Gasteiger charge is 2.39. The lowest BCUT2D eigenvalue weighted by Gasteiger charge is -2.41. The summed E-state index contributed by atoms with van der Waals surface area (Å²) in [5.41, 5.74) is 12.4. The van der Waals surface area contributed by atoms with Gasteiger partial charge in [0.2, 0.25) is 5.91 Å². The van der Waals surface area contributed by atoms with Gasteiger partial charge < -0.3 is 31.7 Å². The van der Waals surface area contributed by atoms with Crippen LogP contribution in [0.5, 0.6) is 0 Å². The van der Waals surface area contributed by atoms with Crippen LogP contribution >= 0.6 is 0 Å². The number of piperazine rings is 1. The van der Waals surface area contributed by atoms with E-state index in [1.54, 1.807) is 26.1 Å². The summed E-state index contributed by atoms with van der Waals surface area (Å²) in [6, 6.07) is 8.99. The van der Waals surface area contributed by atoms with Crippen molar-refractivity contribution in [1.82, 2.24) is 19.3 Å². The summed E-state index contributed by atoms with van der Waals surface area (Å²) in [7, 11) is 0. The molecule has 0 spiro atoms. The van der Waals surface area contributed by atoms with Crippen LogP contribution in [0.3, 0.4) is 0 Å². The molecular formula is C27H37N7O5. The van der Waals surface area contributed by atoms with Crippen LogP contribution in [0.15, 0.2) is 47.4 Å². The van der Waals surface area contributed by atoms with E-state index in [1.807, 2.05) is 24.3 Å². The van der Waals surface area contributed by atoms with E-state index >= 15 is 0 Å². The molecule has 1 aromatic carbocycles. The Labute approximate surface area is 227 Å². The number of carbonyl (C=O) groups is 3. The van der Waals surface area contributed by atoms with Crippen LogP contribution < -0.4 is 22.3 Å². The van der Waals surface area contributed by atoms with Gasteiger partial charge >= 0.3 is 12.0 Å². The van der Waals surface area contributed by atoms with Crippen LogP contribution in [0.4, 0.5) is 10.5 Å². The molecule has 2 aromatic rings. The summed E-state index contributed by atoms with van der Waals surface area (Å²) < 4.78 is 1.47. The number of carboxylic acids is 1. The van der Waals surface area contributed by atoms with Crippen LogP contribution in [-0.4, -0.2) is 92.6 Å². The van der Waals surface area contributed by atoms with Gasteiger partial charge in [-0.05, 0) is 63.5 Å². The summed E-state index contributed by atoms with van der Waals surface area (Å²) in [6.07, 6.45) is 3.55. The van der Waals surface area contributed by atoms with Gasteiger partial charge in [-0.25, -0.2) is 9.59 Å². The number of piperidine rings is 1. The Balaban J connectivity index is 1.39. The van der Waals surface area contributed by atoms with Crippen molar-refractivity contribution in [3.63, 3.8) is 0 Å². The Morgan fingerprint density at radius 3 is 2.31 bits per heavy atom. The molecule has 39 heavy (non-hydrogen) atoms. The molecule has 2 saturated heterocycles. The largest absolute Gasteiger partial charge is 0.480 e. The predicted molar refractivity (Wildman–Crippen MR) is 147 cm³/mol. The zero-order valence-corrected chi connectivity index (χ0v) is 22.4. The number of likely N-dealkylation sites (tertiary alicyclic amines) is 1. The first-order valence-corrected chi connectivity index (χ1v) is 13.1. The molecule has 1 atom stereocenters. The quantitative estimate of drug-likeness (QED) is 0.415. The third kappa shape index (κ3) is 6.83. The average molecular weight is 540 g/mol. The number of urea groups is 1. The van der Waals surface area contributed by atoms with Gasteiger partial charge in [0.15, 0.2) is 0 Å². The lowest BCUT2D eigenvalue weighted by Crippen LogP contribution is -2.63. The lowest BCUT2D eigenvalue weighted by atomic mass is 10.0. The van der Waals surface area contributed by atoms with Gasteiger partial charge in [0.05, 0.1) is 12.1 Å². The highest BCUT2D eigenvalue weighted by Crippen LogP contribution is 2.18. The fraction of sp³-hybridized carbons (Fsp3) is 0.481. The van der Waals surface area contributed by atoms with Crippen molar-refractivity contribution in [3.05, 3.63) is 58.5 Å². The second-order valence-corrected chi connectivity index (χ2v) is 10.9. The molecule has 0 radical (unpaired) electrons. The molecule has 2 aliphatic heterocycles. The second kappa shape index (κ2) is 11.6. The fourth-order valence-electron chi connectivity index (χ4n) is 4.93. The van der Waals surface area contributed by atoms with Crippen molar-refractivity contribution in [2.75, 3.05) is 38.0 Å². The van der Waals surface area contributed by atoms with Crippen molar-refractivity contribution < 1.29 is 19.5 Å². The molecule has 3 amide bonds. The third-order valence-electron chi connectivity index (χ3n) is 7.19. The highest BCUT2D eigenvalue weighted by atomic mass is 16.4. The Morgan fingerprint density at radius 2 is 1.72 bits per heavy atom. The minimum Gasteiger partial charge on any atom is -0.480 e. The van der Waals surface area contributed by atoms with Crippen molar-refractivity contribution in [2.45, 2.75) is 50.9 Å². The number of aromatic nitrogens is 1. The number of amides is 3. The first-order valence-electron chi connectivity index (χ1n) is 13.1. The topological polar surface area (TPSA) is 167 Å². The molecule has 210 valence electrons. The number of aliphatic carboxylic acids is 1. The van der Waals surface area contributed by atoms with E-state index in [0.29, 0.717) is 5.69 Å². The molecule has 1 aromatic heterocycles. The summed E-state index contributed by atoms with van der Waals surface area (Å²) in [4.78, 5) is 55.1. The minimum absolute atomic E-state index is 0.0122.